The molecule has 27 heavy (non-hydrogen) atoms. The number of anilines is 2. The smallest absolute Gasteiger partial charge is 0.241 e. The SMILES string of the molecule is C[C@H](C(=O)Nc1ccc(Br)cc1)N1CCC[C@H](C(=O)Nc2ccccc2)C1. The van der Waals surface area contributed by atoms with Crippen molar-refractivity contribution in [1.29, 1.82) is 0 Å². The van der Waals surface area contributed by atoms with Gasteiger partial charge in [0.1, 0.15) is 0 Å². The Balaban J connectivity index is 1.57. The zero-order valence-corrected chi connectivity index (χ0v) is 16.9. The molecule has 2 N–H and O–H groups in total. The largest absolute Gasteiger partial charge is 0.326 e. The van der Waals surface area contributed by atoms with Gasteiger partial charge in [0.05, 0.1) is 12.0 Å². The van der Waals surface area contributed by atoms with E-state index in [4.69, 9.17) is 0 Å². The average Bonchev–Trinajstić information content (AvgIpc) is 2.70. The molecule has 0 radical (unpaired) electrons. The molecule has 0 aliphatic carbocycles. The van der Waals surface area contributed by atoms with Crippen molar-refractivity contribution in [2.45, 2.75) is 25.8 Å². The minimum absolute atomic E-state index is 0.0198. The van der Waals surface area contributed by atoms with Gasteiger partial charge in [0.15, 0.2) is 0 Å². The first-order chi connectivity index (χ1) is 13.0. The Morgan fingerprint density at radius 2 is 1.70 bits per heavy atom. The number of likely N-dealkylation sites (tertiary alicyclic amines) is 1. The zero-order chi connectivity index (χ0) is 19.2. The highest BCUT2D eigenvalue weighted by molar-refractivity contribution is 9.10. The van der Waals surface area contributed by atoms with Crippen LogP contribution in [0.5, 0.6) is 0 Å². The van der Waals surface area contributed by atoms with Crippen molar-refractivity contribution in [1.82, 2.24) is 4.90 Å². The molecule has 1 aliphatic heterocycles. The van der Waals surface area contributed by atoms with Crippen LogP contribution in [-0.4, -0.2) is 35.8 Å². The second-order valence-electron chi connectivity index (χ2n) is 6.86. The fraction of sp³-hybridized carbons (Fsp3) is 0.333. The number of piperidine rings is 1. The van der Waals surface area contributed by atoms with E-state index < -0.39 is 0 Å². The summed E-state index contributed by atoms with van der Waals surface area (Å²) in [5, 5.41) is 5.92. The van der Waals surface area contributed by atoms with Gasteiger partial charge in [-0.15, -0.1) is 0 Å². The van der Waals surface area contributed by atoms with E-state index in [2.05, 4.69) is 31.5 Å². The minimum Gasteiger partial charge on any atom is -0.326 e. The van der Waals surface area contributed by atoms with Crippen molar-refractivity contribution in [3.63, 3.8) is 0 Å². The van der Waals surface area contributed by atoms with Gasteiger partial charge in [-0.3, -0.25) is 14.5 Å². The second kappa shape index (κ2) is 9.15. The van der Waals surface area contributed by atoms with Crippen molar-refractivity contribution < 1.29 is 9.59 Å². The van der Waals surface area contributed by atoms with Gasteiger partial charge in [0.2, 0.25) is 11.8 Å². The number of benzene rings is 2. The summed E-state index contributed by atoms with van der Waals surface area (Å²) in [4.78, 5) is 27.3. The Bertz CT molecular complexity index is 780. The Labute approximate surface area is 168 Å². The second-order valence-corrected chi connectivity index (χ2v) is 7.78. The van der Waals surface area contributed by atoms with Gasteiger partial charge in [-0.25, -0.2) is 0 Å². The molecular formula is C21H24BrN3O2. The number of hydrogen-bond donors (Lipinski definition) is 2. The maximum Gasteiger partial charge on any atom is 0.241 e. The summed E-state index contributed by atoms with van der Waals surface area (Å²) in [6, 6.07) is 16.7. The number of hydrogen-bond acceptors (Lipinski definition) is 3. The molecule has 5 nitrogen and oxygen atoms in total. The Hall–Kier alpha value is -2.18. The molecule has 0 bridgehead atoms. The zero-order valence-electron chi connectivity index (χ0n) is 15.3. The van der Waals surface area contributed by atoms with Crippen LogP contribution in [0, 0.1) is 5.92 Å². The van der Waals surface area contributed by atoms with E-state index in [1.54, 1.807) is 0 Å². The van der Waals surface area contributed by atoms with Crippen LogP contribution in [0.25, 0.3) is 0 Å². The summed E-state index contributed by atoms with van der Waals surface area (Å²) in [6.45, 7) is 3.31. The fourth-order valence-corrected chi connectivity index (χ4v) is 3.55. The number of amides is 2. The van der Waals surface area contributed by atoms with Gasteiger partial charge in [0, 0.05) is 22.4 Å². The third kappa shape index (κ3) is 5.40. The predicted octanol–water partition coefficient (Wildman–Crippen LogP) is 4.13. The molecule has 0 spiro atoms. The summed E-state index contributed by atoms with van der Waals surface area (Å²) in [7, 11) is 0. The first-order valence-corrected chi connectivity index (χ1v) is 9.98. The monoisotopic (exact) mass is 429 g/mol. The maximum atomic E-state index is 12.6. The molecule has 6 heteroatoms. The number of para-hydroxylation sites is 1. The summed E-state index contributed by atoms with van der Waals surface area (Å²) in [5.41, 5.74) is 1.58. The topological polar surface area (TPSA) is 61.4 Å². The van der Waals surface area contributed by atoms with E-state index in [9.17, 15) is 9.59 Å². The number of carbonyl (C=O) groups excluding carboxylic acids is 2. The molecule has 0 unspecified atom stereocenters. The molecule has 0 saturated carbocycles. The number of halogens is 1. The number of nitrogens with one attached hydrogen (secondary N) is 2. The van der Waals surface area contributed by atoms with Gasteiger partial charge >= 0.3 is 0 Å². The van der Waals surface area contributed by atoms with Crippen LogP contribution in [0.2, 0.25) is 0 Å². The van der Waals surface area contributed by atoms with Crippen LogP contribution < -0.4 is 10.6 Å². The first-order valence-electron chi connectivity index (χ1n) is 9.19. The van der Waals surface area contributed by atoms with Crippen LogP contribution in [0.15, 0.2) is 59.1 Å². The Kier molecular flexibility index (Phi) is 6.63. The first kappa shape index (κ1) is 19.6. The number of carbonyl (C=O) groups is 2. The third-order valence-electron chi connectivity index (χ3n) is 4.90. The molecular weight excluding hydrogens is 406 g/mol. The van der Waals surface area contributed by atoms with Crippen LogP contribution in [-0.2, 0) is 9.59 Å². The normalized spacial score (nSPS) is 18.5. The molecule has 2 aromatic rings. The van der Waals surface area contributed by atoms with E-state index in [0.29, 0.717) is 6.54 Å². The highest BCUT2D eigenvalue weighted by Crippen LogP contribution is 2.21. The highest BCUT2D eigenvalue weighted by Gasteiger charge is 2.30. The quantitative estimate of drug-likeness (QED) is 0.750. The molecule has 0 aromatic heterocycles. The fourth-order valence-electron chi connectivity index (χ4n) is 3.28. The van der Waals surface area contributed by atoms with Gasteiger partial charge in [-0.05, 0) is 62.7 Å². The van der Waals surface area contributed by atoms with E-state index in [1.165, 1.54) is 0 Å². The summed E-state index contributed by atoms with van der Waals surface area (Å²) in [6.07, 6.45) is 1.75. The van der Waals surface area contributed by atoms with Crippen LogP contribution in [0.4, 0.5) is 11.4 Å². The molecule has 2 aromatic carbocycles. The summed E-state index contributed by atoms with van der Waals surface area (Å²) < 4.78 is 0.969. The Morgan fingerprint density at radius 1 is 1.04 bits per heavy atom. The van der Waals surface area contributed by atoms with Gasteiger partial charge in [-0.1, -0.05) is 34.1 Å². The Morgan fingerprint density at radius 3 is 2.41 bits per heavy atom. The van der Waals surface area contributed by atoms with E-state index >= 15 is 0 Å². The van der Waals surface area contributed by atoms with Crippen molar-refractivity contribution >= 4 is 39.1 Å². The van der Waals surface area contributed by atoms with Crippen molar-refractivity contribution in [3.05, 3.63) is 59.1 Å². The molecule has 2 atom stereocenters. The lowest BCUT2D eigenvalue weighted by atomic mass is 9.95. The minimum atomic E-state index is -0.291. The van der Waals surface area contributed by atoms with Crippen molar-refractivity contribution in [3.8, 4) is 0 Å². The van der Waals surface area contributed by atoms with Crippen molar-refractivity contribution in [2.24, 2.45) is 5.92 Å². The molecule has 142 valence electrons. The van der Waals surface area contributed by atoms with Crippen molar-refractivity contribution in [2.75, 3.05) is 23.7 Å². The van der Waals surface area contributed by atoms with E-state index in [1.807, 2.05) is 61.5 Å². The highest BCUT2D eigenvalue weighted by atomic mass is 79.9. The molecule has 1 aliphatic rings. The standard InChI is InChI=1S/C21H24BrN3O2/c1-15(20(26)23-19-11-9-17(22)10-12-19)25-13-5-6-16(14-25)21(27)24-18-7-3-2-4-8-18/h2-4,7-12,15-16H,5-6,13-14H2,1H3,(H,23,26)(H,24,27)/t15-,16+/m1/s1. The summed E-state index contributed by atoms with van der Waals surface area (Å²) >= 11 is 3.39. The van der Waals surface area contributed by atoms with Gasteiger partial charge in [0.25, 0.3) is 0 Å². The van der Waals surface area contributed by atoms with Crippen LogP contribution in [0.3, 0.4) is 0 Å². The third-order valence-corrected chi connectivity index (χ3v) is 5.43. The summed E-state index contributed by atoms with van der Waals surface area (Å²) in [5.74, 6) is -0.144. The van der Waals surface area contributed by atoms with Gasteiger partial charge in [-0.2, -0.15) is 0 Å². The van der Waals surface area contributed by atoms with Gasteiger partial charge < -0.3 is 10.6 Å². The van der Waals surface area contributed by atoms with E-state index in [0.717, 1.165) is 35.2 Å². The number of nitrogens with zero attached hydrogens (tertiary/aromatic N) is 1. The molecule has 2 amide bonds. The lowest BCUT2D eigenvalue weighted by Crippen LogP contribution is -2.49. The lowest BCUT2D eigenvalue weighted by Gasteiger charge is -2.35. The number of rotatable bonds is 5. The lowest BCUT2D eigenvalue weighted by molar-refractivity contribution is -0.125. The van der Waals surface area contributed by atoms with Crippen LogP contribution in [0.1, 0.15) is 19.8 Å². The van der Waals surface area contributed by atoms with Crippen LogP contribution >= 0.6 is 15.9 Å². The predicted molar refractivity (Wildman–Crippen MR) is 112 cm³/mol. The van der Waals surface area contributed by atoms with E-state index in [-0.39, 0.29) is 23.8 Å². The molecule has 1 heterocycles. The molecule has 1 fully saturated rings. The average molecular weight is 430 g/mol. The molecule has 1 saturated heterocycles. The maximum absolute atomic E-state index is 12.6. The molecule has 3 rings (SSSR count).